The second kappa shape index (κ2) is 7.53. The predicted molar refractivity (Wildman–Crippen MR) is 59.8 cm³/mol. The zero-order valence-corrected chi connectivity index (χ0v) is 9.55. The van der Waals surface area contributed by atoms with Crippen molar-refractivity contribution in [1.82, 2.24) is 9.97 Å². The van der Waals surface area contributed by atoms with Crippen LogP contribution >= 0.6 is 0 Å². The number of hydrogen-bond acceptors (Lipinski definition) is 7. The first kappa shape index (κ1) is 13.3. The molecular weight excluding hydrogens is 226 g/mol. The largest absolute Gasteiger partial charge is 0.463 e. The second-order valence-corrected chi connectivity index (χ2v) is 3.02. The topological polar surface area (TPSA) is 93.6 Å². The molecule has 0 aromatic carbocycles. The molecule has 0 radical (unpaired) electrons. The summed E-state index contributed by atoms with van der Waals surface area (Å²) in [5, 5.41) is 11.4. The molecule has 0 aliphatic rings. The molecule has 0 aliphatic heterocycles. The summed E-state index contributed by atoms with van der Waals surface area (Å²) in [7, 11) is 1.27. The average molecular weight is 241 g/mol. The molecule has 0 atom stereocenters. The van der Waals surface area contributed by atoms with Crippen LogP contribution in [0.4, 0.5) is 5.82 Å². The quantitative estimate of drug-likeness (QED) is 0.499. The fraction of sp³-hybridized carbons (Fsp3) is 0.500. The molecular formula is C10H15N3O4. The molecule has 0 fully saturated rings. The summed E-state index contributed by atoms with van der Waals surface area (Å²) in [5.41, 5.74) is 0. The lowest BCUT2D eigenvalue weighted by atomic mass is 10.5. The summed E-state index contributed by atoms with van der Waals surface area (Å²) in [4.78, 5) is 18.9. The average Bonchev–Trinajstić information content (AvgIpc) is 2.38. The van der Waals surface area contributed by atoms with Crippen molar-refractivity contribution in [2.45, 2.75) is 0 Å². The number of hydrogen-bond donors (Lipinski definition) is 2. The molecule has 1 rings (SSSR count). The van der Waals surface area contributed by atoms with Gasteiger partial charge in [-0.25, -0.2) is 14.8 Å². The first-order valence-corrected chi connectivity index (χ1v) is 5.11. The number of methoxy groups -OCH3 is 1. The Labute approximate surface area is 98.8 Å². The van der Waals surface area contributed by atoms with E-state index in [0.717, 1.165) is 0 Å². The van der Waals surface area contributed by atoms with Crippen LogP contribution in [0.25, 0.3) is 0 Å². The van der Waals surface area contributed by atoms with Crippen LogP contribution in [-0.2, 0) is 9.47 Å². The number of anilines is 1. The van der Waals surface area contributed by atoms with E-state index in [1.165, 1.54) is 13.3 Å². The molecule has 0 amide bonds. The minimum absolute atomic E-state index is 0.00000417. The van der Waals surface area contributed by atoms with Gasteiger partial charge in [0.2, 0.25) is 5.82 Å². The highest BCUT2D eigenvalue weighted by Gasteiger charge is 2.08. The summed E-state index contributed by atoms with van der Waals surface area (Å²) in [6, 6.07) is 1.64. The number of nitrogens with zero attached hydrogens (tertiary/aromatic N) is 2. The van der Waals surface area contributed by atoms with Crippen LogP contribution in [0.2, 0.25) is 0 Å². The van der Waals surface area contributed by atoms with Crippen LogP contribution in [0.3, 0.4) is 0 Å². The van der Waals surface area contributed by atoms with Crippen LogP contribution in [0.1, 0.15) is 10.6 Å². The fourth-order valence-corrected chi connectivity index (χ4v) is 1.06. The van der Waals surface area contributed by atoms with Crippen molar-refractivity contribution in [2.24, 2.45) is 0 Å². The van der Waals surface area contributed by atoms with Gasteiger partial charge in [-0.1, -0.05) is 0 Å². The third kappa shape index (κ3) is 4.75. The molecule has 94 valence electrons. The Hall–Kier alpha value is -1.73. The third-order valence-electron chi connectivity index (χ3n) is 1.81. The number of nitrogens with one attached hydrogen (secondary N) is 1. The van der Waals surface area contributed by atoms with Gasteiger partial charge in [0.1, 0.15) is 5.82 Å². The van der Waals surface area contributed by atoms with Crippen LogP contribution < -0.4 is 5.32 Å². The van der Waals surface area contributed by atoms with Crippen LogP contribution in [0.15, 0.2) is 12.3 Å². The van der Waals surface area contributed by atoms with Gasteiger partial charge < -0.3 is 19.9 Å². The molecule has 1 aromatic heterocycles. The zero-order valence-electron chi connectivity index (χ0n) is 9.55. The van der Waals surface area contributed by atoms with Crippen molar-refractivity contribution in [3.63, 3.8) is 0 Å². The van der Waals surface area contributed by atoms with Gasteiger partial charge in [0.25, 0.3) is 0 Å². The van der Waals surface area contributed by atoms with Crippen molar-refractivity contribution in [3.8, 4) is 0 Å². The Morgan fingerprint density at radius 2 is 2.35 bits per heavy atom. The molecule has 0 bridgehead atoms. The van der Waals surface area contributed by atoms with E-state index in [0.29, 0.717) is 25.6 Å². The number of carbonyl (C=O) groups is 1. The summed E-state index contributed by atoms with van der Waals surface area (Å²) in [5.74, 6) is -0.0491. The highest BCUT2D eigenvalue weighted by molar-refractivity contribution is 5.85. The molecule has 0 saturated heterocycles. The monoisotopic (exact) mass is 241 g/mol. The summed E-state index contributed by atoms with van der Waals surface area (Å²) in [6.45, 7) is 1.27. The number of aliphatic hydroxyl groups is 1. The van der Waals surface area contributed by atoms with Gasteiger partial charge in [0.15, 0.2) is 0 Å². The minimum Gasteiger partial charge on any atom is -0.463 e. The third-order valence-corrected chi connectivity index (χ3v) is 1.81. The maximum Gasteiger partial charge on any atom is 0.376 e. The van der Waals surface area contributed by atoms with Crippen molar-refractivity contribution in [1.29, 1.82) is 0 Å². The lowest BCUT2D eigenvalue weighted by Crippen LogP contribution is -2.14. The molecule has 0 spiro atoms. The fourth-order valence-electron chi connectivity index (χ4n) is 1.06. The molecule has 1 heterocycles. The molecule has 2 N–H and O–H groups in total. The maximum atomic E-state index is 11.2. The second-order valence-electron chi connectivity index (χ2n) is 3.02. The van der Waals surface area contributed by atoms with Crippen LogP contribution in [0, 0.1) is 0 Å². The van der Waals surface area contributed by atoms with E-state index >= 15 is 0 Å². The Morgan fingerprint density at radius 1 is 1.53 bits per heavy atom. The van der Waals surface area contributed by atoms with E-state index < -0.39 is 5.97 Å². The van der Waals surface area contributed by atoms with Gasteiger partial charge in [-0.2, -0.15) is 0 Å². The Balaban J connectivity index is 2.40. The standard InChI is InChI=1S/C10H15N3O4/c1-16-10(15)9-12-3-2-8(13-9)11-4-6-17-7-5-14/h2-3,14H,4-7H2,1H3,(H,11,12,13). The van der Waals surface area contributed by atoms with E-state index in [9.17, 15) is 4.79 Å². The predicted octanol–water partition coefficient (Wildman–Crippen LogP) is -0.316. The molecule has 0 aliphatic carbocycles. The van der Waals surface area contributed by atoms with Gasteiger partial charge in [-0.3, -0.25) is 0 Å². The lowest BCUT2D eigenvalue weighted by molar-refractivity contribution is 0.0587. The van der Waals surface area contributed by atoms with E-state index in [2.05, 4.69) is 20.0 Å². The molecule has 1 aromatic rings. The van der Waals surface area contributed by atoms with Crippen LogP contribution in [-0.4, -0.2) is 54.5 Å². The summed E-state index contributed by atoms with van der Waals surface area (Å²) in [6.07, 6.45) is 1.47. The van der Waals surface area contributed by atoms with E-state index in [-0.39, 0.29) is 12.4 Å². The lowest BCUT2D eigenvalue weighted by Gasteiger charge is -2.06. The number of esters is 1. The van der Waals surface area contributed by atoms with Gasteiger partial charge in [0.05, 0.1) is 26.9 Å². The molecule has 7 heteroatoms. The van der Waals surface area contributed by atoms with E-state index in [1.807, 2.05) is 0 Å². The number of aliphatic hydroxyl groups excluding tert-OH is 1. The maximum absolute atomic E-state index is 11.2. The normalized spacial score (nSPS) is 10.0. The number of carbonyl (C=O) groups excluding carboxylic acids is 1. The highest BCUT2D eigenvalue weighted by Crippen LogP contribution is 2.02. The summed E-state index contributed by atoms with van der Waals surface area (Å²) >= 11 is 0. The van der Waals surface area contributed by atoms with Crippen molar-refractivity contribution < 1.29 is 19.4 Å². The van der Waals surface area contributed by atoms with Gasteiger partial charge >= 0.3 is 5.97 Å². The van der Waals surface area contributed by atoms with Crippen LogP contribution in [0.5, 0.6) is 0 Å². The van der Waals surface area contributed by atoms with Crippen molar-refractivity contribution >= 4 is 11.8 Å². The first-order valence-electron chi connectivity index (χ1n) is 5.11. The molecule has 7 nitrogen and oxygen atoms in total. The summed E-state index contributed by atoms with van der Waals surface area (Å²) < 4.78 is 9.56. The van der Waals surface area contributed by atoms with Crippen molar-refractivity contribution in [3.05, 3.63) is 18.1 Å². The molecule has 0 unspecified atom stereocenters. The number of aromatic nitrogens is 2. The van der Waals surface area contributed by atoms with E-state index in [4.69, 9.17) is 9.84 Å². The number of rotatable bonds is 7. The Morgan fingerprint density at radius 3 is 3.06 bits per heavy atom. The van der Waals surface area contributed by atoms with Gasteiger partial charge in [-0.05, 0) is 6.07 Å². The van der Waals surface area contributed by atoms with E-state index in [1.54, 1.807) is 6.07 Å². The Kier molecular flexibility index (Phi) is 5.91. The smallest absolute Gasteiger partial charge is 0.376 e. The Bertz CT molecular complexity index is 359. The van der Waals surface area contributed by atoms with Crippen molar-refractivity contribution in [2.75, 3.05) is 38.8 Å². The first-order chi connectivity index (χ1) is 8.27. The number of ether oxygens (including phenoxy) is 2. The molecule has 0 saturated carbocycles. The van der Waals surface area contributed by atoms with Gasteiger partial charge in [0, 0.05) is 12.7 Å². The highest BCUT2D eigenvalue weighted by atomic mass is 16.5. The SMILES string of the molecule is COC(=O)c1nccc(NCCOCCO)n1. The zero-order chi connectivity index (χ0) is 12.5. The minimum atomic E-state index is -0.579. The van der Waals surface area contributed by atoms with Gasteiger partial charge in [-0.15, -0.1) is 0 Å². The molecule has 17 heavy (non-hydrogen) atoms.